The second kappa shape index (κ2) is 5.82. The number of carbonyl (C=O) groups is 1. The van der Waals surface area contributed by atoms with E-state index in [4.69, 9.17) is 4.74 Å². The van der Waals surface area contributed by atoms with Crippen LogP contribution in [0.4, 0.5) is 5.82 Å². The fraction of sp³-hybridized carbons (Fsp3) is 0.538. The molecule has 18 heavy (non-hydrogen) atoms. The molecule has 1 atom stereocenters. The molecule has 5 heteroatoms. The number of hydrogen-bond acceptors (Lipinski definition) is 4. The molecule has 98 valence electrons. The van der Waals surface area contributed by atoms with Crippen molar-refractivity contribution in [1.82, 2.24) is 10.3 Å². The number of nitrogens with one attached hydrogen (secondary N) is 2. The van der Waals surface area contributed by atoms with Crippen molar-refractivity contribution in [3.05, 3.63) is 17.8 Å². The lowest BCUT2D eigenvalue weighted by atomic mass is 10.2. The number of pyridine rings is 1. The average Bonchev–Trinajstić information content (AvgIpc) is 2.36. The molecule has 0 spiro atoms. The zero-order chi connectivity index (χ0) is 13.0. The van der Waals surface area contributed by atoms with E-state index < -0.39 is 0 Å². The maximum absolute atomic E-state index is 11.2. The molecule has 2 rings (SSSR count). The normalized spacial score (nSPS) is 15.6. The molecule has 2 heterocycles. The molecule has 0 bridgehead atoms. The molecule has 0 fully saturated rings. The van der Waals surface area contributed by atoms with Crippen LogP contribution in [0.3, 0.4) is 0 Å². The highest BCUT2D eigenvalue weighted by Crippen LogP contribution is 2.25. The molecule has 1 unspecified atom stereocenters. The van der Waals surface area contributed by atoms with Crippen molar-refractivity contribution in [3.8, 4) is 5.75 Å². The predicted octanol–water partition coefficient (Wildman–Crippen LogP) is 1.69. The van der Waals surface area contributed by atoms with Gasteiger partial charge in [0.05, 0.1) is 5.69 Å². The lowest BCUT2D eigenvalue weighted by molar-refractivity contribution is -0.118. The second-order valence-electron chi connectivity index (χ2n) is 4.56. The number of amides is 1. The molecule has 1 aliphatic rings. The van der Waals surface area contributed by atoms with Crippen molar-refractivity contribution < 1.29 is 9.53 Å². The van der Waals surface area contributed by atoms with Crippen LogP contribution in [-0.2, 0) is 11.3 Å². The summed E-state index contributed by atoms with van der Waals surface area (Å²) in [6.45, 7) is 5.10. The summed E-state index contributed by atoms with van der Waals surface area (Å²) in [5.74, 6) is 1.01. The third kappa shape index (κ3) is 3.20. The zero-order valence-corrected chi connectivity index (χ0v) is 10.8. The highest BCUT2D eigenvalue weighted by molar-refractivity contribution is 5.94. The molecular weight excluding hydrogens is 230 g/mol. The van der Waals surface area contributed by atoms with E-state index in [1.807, 2.05) is 12.1 Å². The molecule has 0 aliphatic carbocycles. The molecule has 1 aromatic rings. The van der Waals surface area contributed by atoms with E-state index in [2.05, 4.69) is 29.5 Å². The number of anilines is 1. The van der Waals surface area contributed by atoms with Gasteiger partial charge in [0.25, 0.3) is 5.91 Å². The minimum absolute atomic E-state index is 0.0693. The lowest BCUT2D eigenvalue weighted by Crippen LogP contribution is -2.28. The van der Waals surface area contributed by atoms with Gasteiger partial charge >= 0.3 is 0 Å². The molecule has 0 radical (unpaired) electrons. The Bertz CT molecular complexity index is 434. The standard InChI is InChI=1S/C13H19N3O2/c1-3-4-9(2)14-7-10-5-6-11-13(15-10)16-12(17)8-18-11/h5-6,9,14H,3-4,7-8H2,1-2H3,(H,15,16,17). The first-order valence-corrected chi connectivity index (χ1v) is 6.35. The Hall–Kier alpha value is -1.62. The molecule has 0 saturated heterocycles. The number of ether oxygens (including phenoxy) is 1. The fourth-order valence-corrected chi connectivity index (χ4v) is 1.92. The molecule has 2 N–H and O–H groups in total. The highest BCUT2D eigenvalue weighted by atomic mass is 16.5. The summed E-state index contributed by atoms with van der Waals surface area (Å²) >= 11 is 0. The van der Waals surface area contributed by atoms with Gasteiger partial charge in [-0.25, -0.2) is 4.98 Å². The quantitative estimate of drug-likeness (QED) is 0.833. The van der Waals surface area contributed by atoms with Gasteiger partial charge in [-0.1, -0.05) is 13.3 Å². The minimum Gasteiger partial charge on any atom is -0.480 e. The van der Waals surface area contributed by atoms with Crippen molar-refractivity contribution in [2.45, 2.75) is 39.3 Å². The van der Waals surface area contributed by atoms with Gasteiger partial charge in [0, 0.05) is 12.6 Å². The first kappa shape index (κ1) is 12.8. The van der Waals surface area contributed by atoms with Crippen molar-refractivity contribution in [2.75, 3.05) is 11.9 Å². The topological polar surface area (TPSA) is 63.2 Å². The Balaban J connectivity index is 1.98. The minimum atomic E-state index is -0.153. The van der Waals surface area contributed by atoms with Gasteiger partial charge in [0.1, 0.15) is 0 Å². The summed E-state index contributed by atoms with van der Waals surface area (Å²) in [6.07, 6.45) is 2.31. The SMILES string of the molecule is CCCC(C)NCc1ccc2c(n1)NC(=O)CO2. The van der Waals surface area contributed by atoms with Crippen molar-refractivity contribution in [3.63, 3.8) is 0 Å². The molecule has 0 saturated carbocycles. The number of fused-ring (bicyclic) bond motifs is 1. The van der Waals surface area contributed by atoms with Crippen LogP contribution < -0.4 is 15.4 Å². The van der Waals surface area contributed by atoms with Gasteiger partial charge in [-0.2, -0.15) is 0 Å². The van der Waals surface area contributed by atoms with Crippen molar-refractivity contribution in [1.29, 1.82) is 0 Å². The van der Waals surface area contributed by atoms with Crippen molar-refractivity contribution >= 4 is 11.7 Å². The maximum Gasteiger partial charge on any atom is 0.263 e. The zero-order valence-electron chi connectivity index (χ0n) is 10.8. The molecule has 5 nitrogen and oxygen atoms in total. The summed E-state index contributed by atoms with van der Waals surface area (Å²) in [6, 6.07) is 4.24. The lowest BCUT2D eigenvalue weighted by Gasteiger charge is -2.18. The predicted molar refractivity (Wildman–Crippen MR) is 69.6 cm³/mol. The van der Waals surface area contributed by atoms with Crippen LogP contribution in [0.15, 0.2) is 12.1 Å². The number of aromatic nitrogens is 1. The molecular formula is C13H19N3O2. The first-order chi connectivity index (χ1) is 8.69. The number of rotatable bonds is 5. The van der Waals surface area contributed by atoms with E-state index >= 15 is 0 Å². The number of carbonyl (C=O) groups excluding carboxylic acids is 1. The third-order valence-electron chi connectivity index (χ3n) is 2.89. The smallest absolute Gasteiger partial charge is 0.263 e. The summed E-state index contributed by atoms with van der Waals surface area (Å²) < 4.78 is 5.26. The molecule has 0 aromatic carbocycles. The van der Waals surface area contributed by atoms with Crippen LogP contribution in [0.1, 0.15) is 32.4 Å². The van der Waals surface area contributed by atoms with Crippen LogP contribution in [-0.4, -0.2) is 23.5 Å². The third-order valence-corrected chi connectivity index (χ3v) is 2.89. The fourth-order valence-electron chi connectivity index (χ4n) is 1.92. The van der Waals surface area contributed by atoms with Crippen LogP contribution in [0.5, 0.6) is 5.75 Å². The number of nitrogens with zero attached hydrogens (tertiary/aromatic N) is 1. The van der Waals surface area contributed by atoms with E-state index in [0.29, 0.717) is 24.2 Å². The van der Waals surface area contributed by atoms with E-state index in [9.17, 15) is 4.79 Å². The van der Waals surface area contributed by atoms with Crippen LogP contribution in [0, 0.1) is 0 Å². The summed E-state index contributed by atoms with van der Waals surface area (Å²) in [5, 5.41) is 6.11. The Morgan fingerprint density at radius 3 is 3.17 bits per heavy atom. The van der Waals surface area contributed by atoms with Gasteiger partial charge in [0.2, 0.25) is 0 Å². The van der Waals surface area contributed by atoms with E-state index in [0.717, 1.165) is 18.5 Å². The first-order valence-electron chi connectivity index (χ1n) is 6.35. The Kier molecular flexibility index (Phi) is 4.15. The highest BCUT2D eigenvalue weighted by Gasteiger charge is 2.17. The largest absolute Gasteiger partial charge is 0.480 e. The van der Waals surface area contributed by atoms with Crippen molar-refractivity contribution in [2.24, 2.45) is 0 Å². The van der Waals surface area contributed by atoms with E-state index in [-0.39, 0.29) is 12.5 Å². The summed E-state index contributed by atoms with van der Waals surface area (Å²) in [7, 11) is 0. The Morgan fingerprint density at radius 2 is 2.39 bits per heavy atom. The molecule has 1 aromatic heterocycles. The Morgan fingerprint density at radius 1 is 1.56 bits per heavy atom. The monoisotopic (exact) mass is 249 g/mol. The van der Waals surface area contributed by atoms with E-state index in [1.54, 1.807) is 0 Å². The summed E-state index contributed by atoms with van der Waals surface area (Å²) in [5.41, 5.74) is 0.905. The average molecular weight is 249 g/mol. The van der Waals surface area contributed by atoms with Gasteiger partial charge in [-0.15, -0.1) is 0 Å². The summed E-state index contributed by atoms with van der Waals surface area (Å²) in [4.78, 5) is 15.6. The second-order valence-corrected chi connectivity index (χ2v) is 4.56. The van der Waals surface area contributed by atoms with Crippen LogP contribution >= 0.6 is 0 Å². The molecule has 1 aliphatic heterocycles. The number of hydrogen-bond donors (Lipinski definition) is 2. The van der Waals surface area contributed by atoms with Gasteiger partial charge in [-0.05, 0) is 25.5 Å². The van der Waals surface area contributed by atoms with Gasteiger partial charge < -0.3 is 15.4 Å². The van der Waals surface area contributed by atoms with Gasteiger partial charge in [-0.3, -0.25) is 4.79 Å². The maximum atomic E-state index is 11.2. The Labute approximate surface area is 107 Å². The van der Waals surface area contributed by atoms with Gasteiger partial charge in [0.15, 0.2) is 18.2 Å². The van der Waals surface area contributed by atoms with E-state index in [1.165, 1.54) is 0 Å². The van der Waals surface area contributed by atoms with Crippen LogP contribution in [0.25, 0.3) is 0 Å². The molecule has 1 amide bonds. The van der Waals surface area contributed by atoms with Crippen LogP contribution in [0.2, 0.25) is 0 Å².